The molecule has 1 aromatic carbocycles. The maximum absolute atomic E-state index is 14.3. The van der Waals surface area contributed by atoms with E-state index < -0.39 is 0 Å². The van der Waals surface area contributed by atoms with Gasteiger partial charge in [0.25, 0.3) is 0 Å². The Morgan fingerprint density at radius 1 is 1.04 bits per heavy atom. The lowest BCUT2D eigenvalue weighted by atomic mass is 9.90. The van der Waals surface area contributed by atoms with Crippen LogP contribution in [0.2, 0.25) is 0 Å². The second-order valence-electron chi connectivity index (χ2n) is 7.15. The van der Waals surface area contributed by atoms with Gasteiger partial charge in [0.1, 0.15) is 5.82 Å². The Balaban J connectivity index is 1.77. The van der Waals surface area contributed by atoms with Crippen molar-refractivity contribution in [1.82, 2.24) is 0 Å². The molecule has 130 valence electrons. The number of hydrogen-bond acceptors (Lipinski definition) is 1. The molecule has 0 aromatic heterocycles. The molecule has 2 rings (SSSR count). The van der Waals surface area contributed by atoms with Crippen LogP contribution in [0.25, 0.3) is 0 Å². The van der Waals surface area contributed by atoms with E-state index in [4.69, 9.17) is 4.74 Å². The first kappa shape index (κ1) is 18.4. The van der Waals surface area contributed by atoms with Gasteiger partial charge in [0.05, 0.1) is 6.10 Å². The molecule has 2 atom stereocenters. The summed E-state index contributed by atoms with van der Waals surface area (Å²) >= 11 is 0. The Morgan fingerprint density at radius 3 is 2.48 bits per heavy atom. The standard InChI is InChI=1S/C21H33FO/c1-4-7-19-13-12-18(16(3)21(19)22)10-6-9-17-11-14-20(8-5-2)23-15-17/h12-13,17,20H,4-11,14-15H2,1-3H3. The number of aryl methyl sites for hydroxylation is 2. The Morgan fingerprint density at radius 2 is 1.83 bits per heavy atom. The van der Waals surface area contributed by atoms with Crippen LogP contribution in [0.3, 0.4) is 0 Å². The van der Waals surface area contributed by atoms with Crippen molar-refractivity contribution in [3.05, 3.63) is 34.6 Å². The molecule has 0 radical (unpaired) electrons. The van der Waals surface area contributed by atoms with Gasteiger partial charge in [0, 0.05) is 6.61 Å². The van der Waals surface area contributed by atoms with Crippen molar-refractivity contribution in [2.75, 3.05) is 6.61 Å². The van der Waals surface area contributed by atoms with Crippen LogP contribution in [0.4, 0.5) is 4.39 Å². The van der Waals surface area contributed by atoms with Crippen LogP contribution in [-0.4, -0.2) is 12.7 Å². The fourth-order valence-electron chi connectivity index (χ4n) is 3.73. The summed E-state index contributed by atoms with van der Waals surface area (Å²) in [6.45, 7) is 7.18. The van der Waals surface area contributed by atoms with Gasteiger partial charge in [-0.15, -0.1) is 0 Å². The molecule has 0 N–H and O–H groups in total. The molecule has 2 heteroatoms. The minimum atomic E-state index is 0.0211. The first-order valence-electron chi connectivity index (χ1n) is 9.54. The molecule has 1 fully saturated rings. The van der Waals surface area contributed by atoms with Crippen LogP contribution in [0.15, 0.2) is 12.1 Å². The first-order chi connectivity index (χ1) is 11.2. The molecule has 1 aromatic rings. The van der Waals surface area contributed by atoms with Crippen molar-refractivity contribution < 1.29 is 9.13 Å². The third-order valence-electron chi connectivity index (χ3n) is 5.23. The molecular weight excluding hydrogens is 287 g/mol. The van der Waals surface area contributed by atoms with Gasteiger partial charge in [-0.2, -0.15) is 0 Å². The van der Waals surface area contributed by atoms with E-state index in [-0.39, 0.29) is 5.82 Å². The van der Waals surface area contributed by atoms with E-state index in [1.807, 2.05) is 13.0 Å². The van der Waals surface area contributed by atoms with Crippen LogP contribution in [0.1, 0.15) is 75.5 Å². The summed E-state index contributed by atoms with van der Waals surface area (Å²) in [5, 5.41) is 0. The lowest BCUT2D eigenvalue weighted by Gasteiger charge is -2.29. The van der Waals surface area contributed by atoms with Crippen LogP contribution in [0, 0.1) is 18.7 Å². The average molecular weight is 320 g/mol. The summed E-state index contributed by atoms with van der Waals surface area (Å²) in [5.74, 6) is 0.723. The molecule has 2 unspecified atom stereocenters. The van der Waals surface area contributed by atoms with E-state index in [1.54, 1.807) is 0 Å². The summed E-state index contributed by atoms with van der Waals surface area (Å²) in [4.78, 5) is 0. The molecule has 0 aliphatic carbocycles. The predicted octanol–water partition coefficient (Wildman–Crippen LogP) is 6.00. The summed E-state index contributed by atoms with van der Waals surface area (Å²) in [6, 6.07) is 4.12. The highest BCUT2D eigenvalue weighted by atomic mass is 19.1. The quantitative estimate of drug-likeness (QED) is 0.570. The molecule has 0 saturated carbocycles. The van der Waals surface area contributed by atoms with Crippen LogP contribution < -0.4 is 0 Å². The first-order valence-corrected chi connectivity index (χ1v) is 9.54. The highest BCUT2D eigenvalue weighted by Crippen LogP contribution is 2.26. The number of hydrogen-bond donors (Lipinski definition) is 0. The maximum atomic E-state index is 14.3. The topological polar surface area (TPSA) is 9.23 Å². The average Bonchev–Trinajstić information content (AvgIpc) is 2.56. The van der Waals surface area contributed by atoms with Gasteiger partial charge >= 0.3 is 0 Å². The molecule has 0 bridgehead atoms. The van der Waals surface area contributed by atoms with Gasteiger partial charge in [0.2, 0.25) is 0 Å². The molecule has 1 nitrogen and oxygen atoms in total. The number of rotatable bonds is 8. The molecule has 1 saturated heterocycles. The third kappa shape index (κ3) is 5.31. The van der Waals surface area contributed by atoms with E-state index in [0.29, 0.717) is 12.0 Å². The number of benzene rings is 1. The highest BCUT2D eigenvalue weighted by Gasteiger charge is 2.20. The normalized spacial score (nSPS) is 21.6. The molecule has 1 aliphatic heterocycles. The zero-order valence-corrected chi connectivity index (χ0v) is 15.2. The van der Waals surface area contributed by atoms with Crippen molar-refractivity contribution in [3.8, 4) is 0 Å². The smallest absolute Gasteiger partial charge is 0.129 e. The molecule has 1 aliphatic rings. The number of halogens is 1. The summed E-state index contributed by atoms with van der Waals surface area (Å²) in [7, 11) is 0. The van der Waals surface area contributed by atoms with Crippen molar-refractivity contribution in [3.63, 3.8) is 0 Å². The van der Waals surface area contributed by atoms with Crippen LogP contribution in [-0.2, 0) is 17.6 Å². The van der Waals surface area contributed by atoms with E-state index in [0.717, 1.165) is 43.4 Å². The highest BCUT2D eigenvalue weighted by molar-refractivity contribution is 5.33. The summed E-state index contributed by atoms with van der Waals surface area (Å²) in [5.41, 5.74) is 2.91. The van der Waals surface area contributed by atoms with E-state index in [1.165, 1.54) is 37.7 Å². The zero-order valence-electron chi connectivity index (χ0n) is 15.2. The minimum absolute atomic E-state index is 0.0211. The van der Waals surface area contributed by atoms with Gasteiger partial charge in [-0.3, -0.25) is 0 Å². The van der Waals surface area contributed by atoms with Crippen molar-refractivity contribution in [2.45, 2.75) is 84.7 Å². The predicted molar refractivity (Wildman–Crippen MR) is 95.4 cm³/mol. The van der Waals surface area contributed by atoms with Crippen molar-refractivity contribution >= 4 is 0 Å². The maximum Gasteiger partial charge on any atom is 0.129 e. The van der Waals surface area contributed by atoms with Crippen molar-refractivity contribution in [1.29, 1.82) is 0 Å². The molecular formula is C21H33FO. The van der Waals surface area contributed by atoms with E-state index in [9.17, 15) is 4.39 Å². The number of ether oxygens (including phenoxy) is 1. The molecule has 0 amide bonds. The SMILES string of the molecule is CCCc1ccc(CCCC2CCC(CCC)OC2)c(C)c1F. The lowest BCUT2D eigenvalue weighted by Crippen LogP contribution is -2.25. The Hall–Kier alpha value is -0.890. The van der Waals surface area contributed by atoms with Gasteiger partial charge in [-0.1, -0.05) is 38.8 Å². The lowest BCUT2D eigenvalue weighted by molar-refractivity contribution is -0.0223. The van der Waals surface area contributed by atoms with Gasteiger partial charge in [-0.05, 0) is 74.5 Å². The van der Waals surface area contributed by atoms with Gasteiger partial charge in [0.15, 0.2) is 0 Å². The van der Waals surface area contributed by atoms with Crippen LogP contribution >= 0.6 is 0 Å². The van der Waals surface area contributed by atoms with Gasteiger partial charge < -0.3 is 4.74 Å². The van der Waals surface area contributed by atoms with Crippen LogP contribution in [0.5, 0.6) is 0 Å². The van der Waals surface area contributed by atoms with E-state index >= 15 is 0 Å². The Kier molecular flexibility index (Phi) is 7.55. The zero-order chi connectivity index (χ0) is 16.7. The minimum Gasteiger partial charge on any atom is -0.378 e. The Labute approximate surface area is 141 Å². The summed E-state index contributed by atoms with van der Waals surface area (Å²) < 4.78 is 20.3. The second-order valence-corrected chi connectivity index (χ2v) is 7.15. The monoisotopic (exact) mass is 320 g/mol. The fourth-order valence-corrected chi connectivity index (χ4v) is 3.73. The molecule has 0 spiro atoms. The molecule has 23 heavy (non-hydrogen) atoms. The van der Waals surface area contributed by atoms with Crippen molar-refractivity contribution in [2.24, 2.45) is 5.92 Å². The fraction of sp³-hybridized carbons (Fsp3) is 0.714. The second kappa shape index (κ2) is 9.42. The third-order valence-corrected chi connectivity index (χ3v) is 5.23. The van der Waals surface area contributed by atoms with E-state index in [2.05, 4.69) is 19.9 Å². The summed E-state index contributed by atoms with van der Waals surface area (Å²) in [6.07, 6.45) is 10.6. The Bertz CT molecular complexity index is 475. The van der Waals surface area contributed by atoms with Gasteiger partial charge in [-0.25, -0.2) is 4.39 Å². The largest absolute Gasteiger partial charge is 0.378 e. The molecule has 1 heterocycles.